The number of amides is 1. The maximum absolute atomic E-state index is 11.9. The highest BCUT2D eigenvalue weighted by atomic mass is 32.1. The van der Waals surface area contributed by atoms with Crippen molar-refractivity contribution in [2.75, 3.05) is 6.54 Å². The number of carboxylic acid groups (broad SMARTS) is 1. The normalized spacial score (nSPS) is 12.3. The highest BCUT2D eigenvalue weighted by Crippen LogP contribution is 2.26. The van der Waals surface area contributed by atoms with Gasteiger partial charge in [-0.15, -0.1) is 11.3 Å². The van der Waals surface area contributed by atoms with E-state index >= 15 is 0 Å². The monoisotopic (exact) mass is 297 g/mol. The van der Waals surface area contributed by atoms with Crippen molar-refractivity contribution in [3.8, 4) is 0 Å². The summed E-state index contributed by atoms with van der Waals surface area (Å²) in [5.74, 6) is -1.97. The number of thiophene rings is 1. The average Bonchev–Trinajstić information content (AvgIpc) is 2.74. The van der Waals surface area contributed by atoms with Crippen LogP contribution in [0.4, 0.5) is 0 Å². The van der Waals surface area contributed by atoms with E-state index in [4.69, 9.17) is 10.2 Å². The van der Waals surface area contributed by atoms with Crippen LogP contribution in [0.5, 0.6) is 0 Å². The van der Waals surface area contributed by atoms with Crippen LogP contribution in [0, 0.1) is 6.92 Å². The Kier molecular flexibility index (Phi) is 3.81. The average molecular weight is 297 g/mol. The second-order valence-corrected chi connectivity index (χ2v) is 5.03. The minimum Gasteiger partial charge on any atom is -0.479 e. The predicted molar refractivity (Wildman–Crippen MR) is 71.0 cm³/mol. The number of aliphatic hydroxyl groups is 1. The van der Waals surface area contributed by atoms with Crippen LogP contribution in [0.2, 0.25) is 0 Å². The number of aryl methyl sites for hydroxylation is 1. The molecular weight excluding hydrogens is 286 g/mol. The summed E-state index contributed by atoms with van der Waals surface area (Å²) in [5.41, 5.74) is 0.134. The van der Waals surface area contributed by atoms with Gasteiger partial charge in [0.2, 0.25) is 0 Å². The minimum absolute atomic E-state index is 0.266. The summed E-state index contributed by atoms with van der Waals surface area (Å²) in [5, 5.41) is 20.3. The number of aromatic amines is 1. The molecule has 0 aliphatic heterocycles. The number of carbonyl (C=O) groups is 2. The SMILES string of the molecule is Cc1c(C(=O)NCC(O)C(=O)O)sc2nc[nH]c(=O)c12. The predicted octanol–water partition coefficient (Wildman–Crippen LogP) is -0.532. The lowest BCUT2D eigenvalue weighted by atomic mass is 10.2. The number of H-pyrrole nitrogens is 1. The molecule has 0 saturated heterocycles. The zero-order chi connectivity index (χ0) is 14.9. The topological polar surface area (TPSA) is 132 Å². The number of rotatable bonds is 4. The lowest BCUT2D eigenvalue weighted by molar-refractivity contribution is -0.146. The molecule has 1 unspecified atom stereocenters. The van der Waals surface area contributed by atoms with Crippen LogP contribution < -0.4 is 10.9 Å². The Hall–Kier alpha value is -2.26. The molecule has 1 amide bonds. The van der Waals surface area contributed by atoms with Gasteiger partial charge in [-0.1, -0.05) is 0 Å². The van der Waals surface area contributed by atoms with Gasteiger partial charge in [0.05, 0.1) is 23.1 Å². The van der Waals surface area contributed by atoms with Gasteiger partial charge in [0.25, 0.3) is 11.5 Å². The fourth-order valence-electron chi connectivity index (χ4n) is 1.65. The van der Waals surface area contributed by atoms with Gasteiger partial charge < -0.3 is 20.5 Å². The van der Waals surface area contributed by atoms with Crippen molar-refractivity contribution in [1.82, 2.24) is 15.3 Å². The molecule has 2 rings (SSSR count). The third-order valence-electron chi connectivity index (χ3n) is 2.68. The van der Waals surface area contributed by atoms with E-state index in [1.165, 1.54) is 6.33 Å². The Morgan fingerprint density at radius 3 is 2.85 bits per heavy atom. The van der Waals surface area contributed by atoms with Crippen molar-refractivity contribution in [2.24, 2.45) is 0 Å². The largest absolute Gasteiger partial charge is 0.479 e. The number of hydrogen-bond donors (Lipinski definition) is 4. The second kappa shape index (κ2) is 5.39. The molecule has 9 heteroatoms. The highest BCUT2D eigenvalue weighted by Gasteiger charge is 2.20. The van der Waals surface area contributed by atoms with Crippen LogP contribution in [0.15, 0.2) is 11.1 Å². The molecule has 0 aliphatic rings. The number of fused-ring (bicyclic) bond motifs is 1. The van der Waals surface area contributed by atoms with Gasteiger partial charge in [-0.05, 0) is 12.5 Å². The van der Waals surface area contributed by atoms with Gasteiger partial charge in [0.1, 0.15) is 4.83 Å². The van der Waals surface area contributed by atoms with E-state index in [0.717, 1.165) is 11.3 Å². The second-order valence-electron chi connectivity index (χ2n) is 4.03. The molecule has 20 heavy (non-hydrogen) atoms. The molecule has 8 nitrogen and oxygen atoms in total. The molecule has 0 aromatic carbocycles. The first kappa shape index (κ1) is 14.2. The fraction of sp³-hybridized carbons (Fsp3) is 0.273. The number of carbonyl (C=O) groups excluding carboxylic acids is 1. The molecule has 0 saturated carbocycles. The number of nitrogens with one attached hydrogen (secondary N) is 2. The zero-order valence-electron chi connectivity index (χ0n) is 10.3. The number of aromatic nitrogens is 2. The molecule has 1 atom stereocenters. The van der Waals surface area contributed by atoms with E-state index in [1.54, 1.807) is 6.92 Å². The molecule has 2 aromatic rings. The zero-order valence-corrected chi connectivity index (χ0v) is 11.2. The Bertz CT molecular complexity index is 735. The standard InChI is InChI=1S/C11H11N3O5S/c1-4-6-8(16)13-3-14-10(6)20-7(4)9(17)12-2-5(15)11(18)19/h3,5,15H,2H2,1H3,(H,12,17)(H,18,19)(H,13,14,16). The highest BCUT2D eigenvalue weighted by molar-refractivity contribution is 7.20. The summed E-state index contributed by atoms with van der Waals surface area (Å²) in [7, 11) is 0. The van der Waals surface area contributed by atoms with Gasteiger partial charge in [0.15, 0.2) is 6.10 Å². The van der Waals surface area contributed by atoms with Crippen LogP contribution in [0.25, 0.3) is 10.2 Å². The number of carboxylic acids is 1. The van der Waals surface area contributed by atoms with Crippen molar-refractivity contribution in [2.45, 2.75) is 13.0 Å². The Labute approximate surface area is 116 Å². The molecule has 4 N–H and O–H groups in total. The Morgan fingerprint density at radius 1 is 1.55 bits per heavy atom. The number of nitrogens with zero attached hydrogens (tertiary/aromatic N) is 1. The maximum atomic E-state index is 11.9. The van der Waals surface area contributed by atoms with Crippen LogP contribution in [-0.4, -0.2) is 44.7 Å². The third-order valence-corrected chi connectivity index (χ3v) is 3.88. The molecule has 0 spiro atoms. The molecule has 0 fully saturated rings. The quantitative estimate of drug-likeness (QED) is 0.599. The third kappa shape index (κ3) is 2.53. The molecule has 2 heterocycles. The molecule has 2 aromatic heterocycles. The molecule has 0 aliphatic carbocycles. The van der Waals surface area contributed by atoms with Crippen LogP contribution in [0.3, 0.4) is 0 Å². The van der Waals surface area contributed by atoms with Crippen molar-refractivity contribution in [1.29, 1.82) is 0 Å². The summed E-state index contributed by atoms with van der Waals surface area (Å²) in [6.07, 6.45) is -0.425. The maximum Gasteiger partial charge on any atom is 0.334 e. The Morgan fingerprint density at radius 2 is 2.25 bits per heavy atom. The first-order valence-corrected chi connectivity index (χ1v) is 6.39. The summed E-state index contributed by atoms with van der Waals surface area (Å²) in [6.45, 7) is 1.20. The smallest absolute Gasteiger partial charge is 0.334 e. The van der Waals surface area contributed by atoms with E-state index in [-0.39, 0.29) is 10.4 Å². The lowest BCUT2D eigenvalue weighted by Crippen LogP contribution is -2.36. The number of aliphatic carboxylic acids is 1. The van der Waals surface area contributed by atoms with Crippen molar-refractivity contribution >= 4 is 33.4 Å². The summed E-state index contributed by atoms with van der Waals surface area (Å²) in [6, 6.07) is 0. The minimum atomic E-state index is -1.67. The van der Waals surface area contributed by atoms with E-state index in [0.29, 0.717) is 15.8 Å². The summed E-state index contributed by atoms with van der Waals surface area (Å²) >= 11 is 1.03. The molecular formula is C11H11N3O5S. The van der Waals surface area contributed by atoms with E-state index in [9.17, 15) is 14.4 Å². The summed E-state index contributed by atoms with van der Waals surface area (Å²) in [4.78, 5) is 41.1. The van der Waals surface area contributed by atoms with E-state index < -0.39 is 24.5 Å². The molecule has 0 radical (unpaired) electrons. The van der Waals surface area contributed by atoms with Crippen molar-refractivity contribution in [3.63, 3.8) is 0 Å². The van der Waals surface area contributed by atoms with Crippen LogP contribution >= 0.6 is 11.3 Å². The van der Waals surface area contributed by atoms with Gasteiger partial charge in [-0.3, -0.25) is 9.59 Å². The van der Waals surface area contributed by atoms with Gasteiger partial charge >= 0.3 is 5.97 Å². The van der Waals surface area contributed by atoms with Gasteiger partial charge in [-0.2, -0.15) is 0 Å². The fourth-order valence-corrected chi connectivity index (χ4v) is 2.72. The van der Waals surface area contributed by atoms with Crippen LogP contribution in [0.1, 0.15) is 15.2 Å². The number of hydrogen-bond acceptors (Lipinski definition) is 6. The van der Waals surface area contributed by atoms with Crippen LogP contribution in [-0.2, 0) is 4.79 Å². The Balaban J connectivity index is 2.27. The summed E-state index contributed by atoms with van der Waals surface area (Å²) < 4.78 is 0. The van der Waals surface area contributed by atoms with Crippen molar-refractivity contribution < 1.29 is 19.8 Å². The molecule has 106 valence electrons. The van der Waals surface area contributed by atoms with Gasteiger partial charge in [-0.25, -0.2) is 9.78 Å². The first-order chi connectivity index (χ1) is 9.41. The van der Waals surface area contributed by atoms with E-state index in [1.807, 2.05) is 0 Å². The lowest BCUT2D eigenvalue weighted by Gasteiger charge is -2.06. The number of aliphatic hydroxyl groups excluding tert-OH is 1. The molecule has 0 bridgehead atoms. The first-order valence-electron chi connectivity index (χ1n) is 5.57. The van der Waals surface area contributed by atoms with E-state index in [2.05, 4.69) is 15.3 Å². The van der Waals surface area contributed by atoms with Gasteiger partial charge in [0, 0.05) is 0 Å². The van der Waals surface area contributed by atoms with Crippen molar-refractivity contribution in [3.05, 3.63) is 27.1 Å².